The monoisotopic (exact) mass is 205 g/mol. The Morgan fingerprint density at radius 1 is 1.47 bits per heavy atom. The molecule has 0 fully saturated rings. The Morgan fingerprint density at radius 3 is 2.93 bits per heavy atom. The van der Waals surface area contributed by atoms with Gasteiger partial charge in [0.15, 0.2) is 0 Å². The van der Waals surface area contributed by atoms with Crippen molar-refractivity contribution in [3.05, 3.63) is 41.6 Å². The van der Waals surface area contributed by atoms with E-state index in [4.69, 9.17) is 4.42 Å². The van der Waals surface area contributed by atoms with Crippen molar-refractivity contribution < 1.29 is 4.42 Å². The fourth-order valence-electron chi connectivity index (χ4n) is 1.47. The molecule has 0 aliphatic heterocycles. The van der Waals surface area contributed by atoms with Crippen LogP contribution in [0.5, 0.6) is 0 Å². The number of aromatic nitrogens is 2. The summed E-state index contributed by atoms with van der Waals surface area (Å²) in [4.78, 5) is 0. The Balaban J connectivity index is 1.83. The van der Waals surface area contributed by atoms with E-state index in [2.05, 4.69) is 10.4 Å². The molecule has 0 aromatic carbocycles. The van der Waals surface area contributed by atoms with Gasteiger partial charge in [0.1, 0.15) is 5.76 Å². The highest BCUT2D eigenvalue weighted by atomic mass is 16.3. The number of hydrogen-bond donors (Lipinski definition) is 1. The molecule has 80 valence electrons. The van der Waals surface area contributed by atoms with Gasteiger partial charge in [0.2, 0.25) is 0 Å². The maximum absolute atomic E-state index is 5.32. The third kappa shape index (κ3) is 2.47. The average molecular weight is 205 g/mol. The Labute approximate surface area is 88.9 Å². The van der Waals surface area contributed by atoms with Crippen LogP contribution in [0.3, 0.4) is 0 Å². The summed E-state index contributed by atoms with van der Waals surface area (Å²) in [7, 11) is 1.92. The molecule has 0 radical (unpaired) electrons. The molecular formula is C11H15N3O. The largest absolute Gasteiger partial charge is 0.468 e. The zero-order valence-corrected chi connectivity index (χ0v) is 9.03. The van der Waals surface area contributed by atoms with E-state index in [1.165, 1.54) is 11.1 Å². The third-order valence-corrected chi connectivity index (χ3v) is 2.34. The number of nitrogens with zero attached hydrogens (tertiary/aromatic N) is 2. The molecule has 0 spiro atoms. The van der Waals surface area contributed by atoms with E-state index in [1.54, 1.807) is 10.9 Å². The fraction of sp³-hybridized carbons (Fsp3) is 0.364. The molecule has 0 aliphatic rings. The number of nitrogens with one attached hydrogen (secondary N) is 1. The highest BCUT2D eigenvalue weighted by molar-refractivity contribution is 5.14. The third-order valence-electron chi connectivity index (χ3n) is 2.34. The van der Waals surface area contributed by atoms with Crippen LogP contribution in [0.25, 0.3) is 0 Å². The summed E-state index contributed by atoms with van der Waals surface area (Å²) in [6, 6.07) is 1.97. The van der Waals surface area contributed by atoms with Crippen molar-refractivity contribution >= 4 is 0 Å². The molecule has 0 saturated heterocycles. The van der Waals surface area contributed by atoms with Crippen LogP contribution in [0.2, 0.25) is 0 Å². The summed E-state index contributed by atoms with van der Waals surface area (Å²) in [6.07, 6.45) is 5.58. The summed E-state index contributed by atoms with van der Waals surface area (Å²) in [5, 5.41) is 7.41. The van der Waals surface area contributed by atoms with Crippen LogP contribution in [0.4, 0.5) is 0 Å². The van der Waals surface area contributed by atoms with Crippen molar-refractivity contribution in [3.63, 3.8) is 0 Å². The van der Waals surface area contributed by atoms with Gasteiger partial charge in [-0.05, 0) is 18.6 Å². The highest BCUT2D eigenvalue weighted by Crippen LogP contribution is 2.08. The van der Waals surface area contributed by atoms with E-state index in [1.807, 2.05) is 32.4 Å². The van der Waals surface area contributed by atoms with Gasteiger partial charge < -0.3 is 9.73 Å². The molecule has 4 heteroatoms. The lowest BCUT2D eigenvalue weighted by Gasteiger charge is -2.00. The molecule has 0 amide bonds. The molecule has 0 saturated carbocycles. The molecule has 2 aromatic heterocycles. The summed E-state index contributed by atoms with van der Waals surface area (Å²) >= 11 is 0. The second-order valence-electron chi connectivity index (χ2n) is 3.65. The predicted molar refractivity (Wildman–Crippen MR) is 57.2 cm³/mol. The zero-order valence-electron chi connectivity index (χ0n) is 9.03. The quantitative estimate of drug-likeness (QED) is 0.824. The Kier molecular flexibility index (Phi) is 2.87. The van der Waals surface area contributed by atoms with E-state index in [0.29, 0.717) is 0 Å². The van der Waals surface area contributed by atoms with Crippen molar-refractivity contribution in [2.75, 3.05) is 0 Å². The standard InChI is InChI=1S/C11H15N3O/c1-9-3-4-15-11(9)7-12-5-10-6-13-14(2)8-10/h3-4,6,8,12H,5,7H2,1-2H3. The highest BCUT2D eigenvalue weighted by Gasteiger charge is 2.01. The van der Waals surface area contributed by atoms with Crippen LogP contribution < -0.4 is 5.32 Å². The van der Waals surface area contributed by atoms with Crippen LogP contribution in [0.1, 0.15) is 16.9 Å². The van der Waals surface area contributed by atoms with Gasteiger partial charge in [-0.25, -0.2) is 0 Å². The van der Waals surface area contributed by atoms with Crippen molar-refractivity contribution in [1.82, 2.24) is 15.1 Å². The van der Waals surface area contributed by atoms with E-state index in [9.17, 15) is 0 Å². The summed E-state index contributed by atoms with van der Waals surface area (Å²) in [6.45, 7) is 3.62. The van der Waals surface area contributed by atoms with Crippen molar-refractivity contribution in [1.29, 1.82) is 0 Å². The maximum atomic E-state index is 5.32. The minimum absolute atomic E-state index is 0.758. The molecule has 1 N–H and O–H groups in total. The van der Waals surface area contributed by atoms with E-state index in [-0.39, 0.29) is 0 Å². The van der Waals surface area contributed by atoms with Gasteiger partial charge in [-0.15, -0.1) is 0 Å². The van der Waals surface area contributed by atoms with Crippen LogP contribution in [0.15, 0.2) is 29.1 Å². The summed E-state index contributed by atoms with van der Waals surface area (Å²) in [5.74, 6) is 0.999. The predicted octanol–water partition coefficient (Wildman–Crippen LogP) is 1.61. The molecule has 2 aromatic rings. The molecule has 15 heavy (non-hydrogen) atoms. The number of furan rings is 1. The Hall–Kier alpha value is -1.55. The molecule has 2 rings (SSSR count). The summed E-state index contributed by atoms with van der Waals surface area (Å²) in [5.41, 5.74) is 2.37. The molecule has 0 unspecified atom stereocenters. The van der Waals surface area contributed by atoms with Crippen LogP contribution in [-0.4, -0.2) is 9.78 Å². The summed E-state index contributed by atoms with van der Waals surface area (Å²) < 4.78 is 7.12. The Bertz CT molecular complexity index is 430. The second-order valence-corrected chi connectivity index (χ2v) is 3.65. The number of rotatable bonds is 4. The van der Waals surface area contributed by atoms with Crippen molar-refractivity contribution in [2.45, 2.75) is 20.0 Å². The first kappa shape index (κ1) is 9.98. The smallest absolute Gasteiger partial charge is 0.120 e. The van der Waals surface area contributed by atoms with Crippen LogP contribution in [0, 0.1) is 6.92 Å². The normalized spacial score (nSPS) is 10.8. The van der Waals surface area contributed by atoms with Crippen LogP contribution >= 0.6 is 0 Å². The van der Waals surface area contributed by atoms with Crippen LogP contribution in [-0.2, 0) is 20.1 Å². The van der Waals surface area contributed by atoms with Gasteiger partial charge in [0.25, 0.3) is 0 Å². The van der Waals surface area contributed by atoms with Gasteiger partial charge in [0.05, 0.1) is 19.0 Å². The van der Waals surface area contributed by atoms with E-state index < -0.39 is 0 Å². The minimum Gasteiger partial charge on any atom is -0.468 e. The lowest BCUT2D eigenvalue weighted by molar-refractivity contribution is 0.480. The number of aryl methyl sites for hydroxylation is 2. The van der Waals surface area contributed by atoms with Gasteiger partial charge >= 0.3 is 0 Å². The molecule has 0 aliphatic carbocycles. The minimum atomic E-state index is 0.758. The first-order chi connectivity index (χ1) is 7.25. The van der Waals surface area contributed by atoms with Gasteiger partial charge in [-0.3, -0.25) is 4.68 Å². The average Bonchev–Trinajstić information content (AvgIpc) is 2.77. The maximum Gasteiger partial charge on any atom is 0.120 e. The van der Waals surface area contributed by atoms with Gasteiger partial charge in [-0.1, -0.05) is 0 Å². The fourth-order valence-corrected chi connectivity index (χ4v) is 1.47. The lowest BCUT2D eigenvalue weighted by Crippen LogP contribution is -2.12. The van der Waals surface area contributed by atoms with Crippen molar-refractivity contribution in [2.24, 2.45) is 7.05 Å². The molecule has 0 atom stereocenters. The first-order valence-electron chi connectivity index (χ1n) is 4.97. The topological polar surface area (TPSA) is 43.0 Å². The molecular weight excluding hydrogens is 190 g/mol. The molecule has 4 nitrogen and oxygen atoms in total. The zero-order chi connectivity index (χ0) is 10.7. The van der Waals surface area contributed by atoms with Crippen molar-refractivity contribution in [3.8, 4) is 0 Å². The van der Waals surface area contributed by atoms with Gasteiger partial charge in [-0.2, -0.15) is 5.10 Å². The first-order valence-corrected chi connectivity index (χ1v) is 4.97. The van der Waals surface area contributed by atoms with Gasteiger partial charge in [0, 0.05) is 25.4 Å². The Morgan fingerprint density at radius 2 is 2.33 bits per heavy atom. The van der Waals surface area contributed by atoms with E-state index >= 15 is 0 Å². The van der Waals surface area contributed by atoms with E-state index in [0.717, 1.165) is 18.8 Å². The lowest BCUT2D eigenvalue weighted by atomic mass is 10.3. The number of hydrogen-bond acceptors (Lipinski definition) is 3. The second kappa shape index (κ2) is 4.31. The molecule has 2 heterocycles. The molecule has 0 bridgehead atoms. The SMILES string of the molecule is Cc1ccoc1CNCc1cnn(C)c1.